The number of carbonyl (C=O) groups is 1. The Hall–Kier alpha value is -1.41. The lowest BCUT2D eigenvalue weighted by Gasteiger charge is -2.40. The third-order valence-electron chi connectivity index (χ3n) is 6.75. The normalized spacial score (nSPS) is 25.8. The van der Waals surface area contributed by atoms with Gasteiger partial charge in [-0.1, -0.05) is 6.42 Å². The summed E-state index contributed by atoms with van der Waals surface area (Å²) in [4.78, 5) is 17.9. The molecule has 1 aromatic heterocycles. The molecular formula is C24H36N2O4S. The molecule has 0 bridgehead atoms. The van der Waals surface area contributed by atoms with Crippen molar-refractivity contribution in [2.24, 2.45) is 0 Å². The Bertz CT molecular complexity index is 709. The van der Waals surface area contributed by atoms with E-state index in [1.54, 1.807) is 11.3 Å². The van der Waals surface area contributed by atoms with Crippen LogP contribution in [0.25, 0.3) is 0 Å². The van der Waals surface area contributed by atoms with Gasteiger partial charge in [0.2, 0.25) is 6.29 Å². The molecule has 4 rings (SSSR count). The van der Waals surface area contributed by atoms with Gasteiger partial charge in [0.15, 0.2) is 5.76 Å². The first kappa shape index (κ1) is 22.8. The smallest absolute Gasteiger partial charge is 0.288 e. The van der Waals surface area contributed by atoms with E-state index in [1.807, 2.05) is 11.0 Å². The van der Waals surface area contributed by atoms with Crippen LogP contribution in [0.2, 0.25) is 0 Å². The van der Waals surface area contributed by atoms with Gasteiger partial charge in [-0.2, -0.15) is 11.3 Å². The second-order valence-electron chi connectivity index (χ2n) is 8.90. The van der Waals surface area contributed by atoms with E-state index in [2.05, 4.69) is 21.7 Å². The summed E-state index contributed by atoms with van der Waals surface area (Å²) in [6.45, 7) is 4.72. The molecule has 3 aliphatic heterocycles. The van der Waals surface area contributed by atoms with Crippen LogP contribution in [0.4, 0.5) is 0 Å². The summed E-state index contributed by atoms with van der Waals surface area (Å²) in [6.07, 6.45) is 9.87. The van der Waals surface area contributed by atoms with Gasteiger partial charge >= 0.3 is 0 Å². The average Bonchev–Trinajstić information content (AvgIpc) is 3.37. The zero-order chi connectivity index (χ0) is 21.5. The van der Waals surface area contributed by atoms with Gasteiger partial charge in [0.25, 0.3) is 5.91 Å². The van der Waals surface area contributed by atoms with Gasteiger partial charge in [0.1, 0.15) is 0 Å². The van der Waals surface area contributed by atoms with Crippen LogP contribution in [0.3, 0.4) is 0 Å². The summed E-state index contributed by atoms with van der Waals surface area (Å²) in [5.74, 6) is 0.569. The molecule has 31 heavy (non-hydrogen) atoms. The quantitative estimate of drug-likeness (QED) is 0.614. The molecule has 1 aromatic rings. The minimum Gasteiger partial charge on any atom is -0.459 e. The first-order valence-corrected chi connectivity index (χ1v) is 12.8. The summed E-state index contributed by atoms with van der Waals surface area (Å²) in [6, 6.07) is 2.73. The Labute approximate surface area is 189 Å². The number of aliphatic hydroxyl groups is 1. The minimum absolute atomic E-state index is 0.000909. The SMILES string of the molecule is O=C(C1=C[C@H](c2ccsc2)C[C@H](OCCCCO)O1)N1CCC(N2CCCCC2)CC1. The first-order valence-electron chi connectivity index (χ1n) is 11.9. The third kappa shape index (κ3) is 6.09. The van der Waals surface area contributed by atoms with Crippen molar-refractivity contribution in [2.45, 2.75) is 69.6 Å². The van der Waals surface area contributed by atoms with Crippen LogP contribution in [0.1, 0.15) is 62.8 Å². The van der Waals surface area contributed by atoms with Crippen molar-refractivity contribution in [3.63, 3.8) is 0 Å². The topological polar surface area (TPSA) is 62.2 Å². The molecule has 2 saturated heterocycles. The minimum atomic E-state index is -0.418. The average molecular weight is 449 g/mol. The maximum Gasteiger partial charge on any atom is 0.288 e. The molecule has 0 unspecified atom stereocenters. The molecule has 2 fully saturated rings. The Balaban J connectivity index is 1.36. The monoisotopic (exact) mass is 448 g/mol. The molecule has 172 valence electrons. The van der Waals surface area contributed by atoms with Gasteiger partial charge in [0, 0.05) is 38.1 Å². The number of thiophene rings is 1. The van der Waals surface area contributed by atoms with E-state index in [9.17, 15) is 4.79 Å². The number of hydrogen-bond acceptors (Lipinski definition) is 6. The molecule has 0 saturated carbocycles. The second-order valence-corrected chi connectivity index (χ2v) is 9.68. The number of aliphatic hydroxyl groups excluding tert-OH is 1. The van der Waals surface area contributed by atoms with Gasteiger partial charge in [-0.15, -0.1) is 0 Å². The van der Waals surface area contributed by atoms with E-state index < -0.39 is 6.29 Å². The van der Waals surface area contributed by atoms with Crippen LogP contribution in [0.15, 0.2) is 28.7 Å². The largest absolute Gasteiger partial charge is 0.459 e. The van der Waals surface area contributed by atoms with Crippen molar-refractivity contribution in [3.05, 3.63) is 34.2 Å². The highest BCUT2D eigenvalue weighted by Gasteiger charge is 2.33. The lowest BCUT2D eigenvalue weighted by atomic mass is 9.94. The maximum absolute atomic E-state index is 13.3. The van der Waals surface area contributed by atoms with E-state index in [1.165, 1.54) is 37.9 Å². The number of ether oxygens (including phenoxy) is 2. The number of likely N-dealkylation sites (tertiary alicyclic amines) is 2. The number of amides is 1. The summed E-state index contributed by atoms with van der Waals surface area (Å²) < 4.78 is 12.0. The fourth-order valence-electron chi connectivity index (χ4n) is 4.93. The third-order valence-corrected chi connectivity index (χ3v) is 7.46. The van der Waals surface area contributed by atoms with Crippen molar-refractivity contribution in [1.29, 1.82) is 0 Å². The lowest BCUT2D eigenvalue weighted by Crippen LogP contribution is -2.49. The van der Waals surface area contributed by atoms with Crippen molar-refractivity contribution in [2.75, 3.05) is 39.4 Å². The van der Waals surface area contributed by atoms with Crippen molar-refractivity contribution in [3.8, 4) is 0 Å². The van der Waals surface area contributed by atoms with Crippen LogP contribution >= 0.6 is 11.3 Å². The lowest BCUT2D eigenvalue weighted by molar-refractivity contribution is -0.153. The molecule has 0 aromatic carbocycles. The molecule has 1 amide bonds. The van der Waals surface area contributed by atoms with Crippen molar-refractivity contribution in [1.82, 2.24) is 9.80 Å². The summed E-state index contributed by atoms with van der Waals surface area (Å²) in [7, 11) is 0. The van der Waals surface area contributed by atoms with E-state index in [0.717, 1.165) is 32.4 Å². The Morgan fingerprint density at radius 3 is 2.68 bits per heavy atom. The highest BCUT2D eigenvalue weighted by Crippen LogP contribution is 2.33. The number of unbranched alkanes of at least 4 members (excludes halogenated alkanes) is 1. The van der Waals surface area contributed by atoms with Gasteiger partial charge in [-0.25, -0.2) is 0 Å². The number of rotatable bonds is 8. The Kier molecular flexibility index (Phi) is 8.41. The molecule has 0 spiro atoms. The number of carbonyl (C=O) groups excluding carboxylic acids is 1. The Morgan fingerprint density at radius 2 is 1.97 bits per heavy atom. The van der Waals surface area contributed by atoms with Crippen molar-refractivity contribution >= 4 is 17.2 Å². The van der Waals surface area contributed by atoms with Gasteiger partial charge < -0.3 is 24.4 Å². The number of hydrogen-bond donors (Lipinski definition) is 1. The highest BCUT2D eigenvalue weighted by molar-refractivity contribution is 7.08. The van der Waals surface area contributed by atoms with E-state index in [4.69, 9.17) is 14.6 Å². The van der Waals surface area contributed by atoms with Gasteiger partial charge in [-0.3, -0.25) is 4.79 Å². The molecule has 3 aliphatic rings. The van der Waals surface area contributed by atoms with Crippen LogP contribution in [-0.2, 0) is 14.3 Å². The Morgan fingerprint density at radius 1 is 1.16 bits per heavy atom. The number of nitrogens with zero attached hydrogens (tertiary/aromatic N) is 2. The van der Waals surface area contributed by atoms with E-state index in [0.29, 0.717) is 31.2 Å². The van der Waals surface area contributed by atoms with Crippen LogP contribution in [0.5, 0.6) is 0 Å². The molecule has 4 heterocycles. The zero-order valence-electron chi connectivity index (χ0n) is 18.4. The first-order chi connectivity index (χ1) is 15.2. The number of piperidine rings is 2. The molecule has 1 N–H and O–H groups in total. The van der Waals surface area contributed by atoms with Gasteiger partial charge in [-0.05, 0) is 80.1 Å². The predicted octanol–water partition coefficient (Wildman–Crippen LogP) is 3.73. The van der Waals surface area contributed by atoms with Crippen LogP contribution < -0.4 is 0 Å². The van der Waals surface area contributed by atoms with Crippen molar-refractivity contribution < 1.29 is 19.4 Å². The van der Waals surface area contributed by atoms with Crippen LogP contribution in [-0.4, -0.2) is 72.5 Å². The molecule has 0 radical (unpaired) electrons. The summed E-state index contributed by atoms with van der Waals surface area (Å²) >= 11 is 1.67. The summed E-state index contributed by atoms with van der Waals surface area (Å²) in [5, 5.41) is 13.2. The zero-order valence-corrected chi connectivity index (χ0v) is 19.2. The molecule has 2 atom stereocenters. The molecular weight excluding hydrogens is 412 g/mol. The second kappa shape index (κ2) is 11.5. The highest BCUT2D eigenvalue weighted by atomic mass is 32.1. The van der Waals surface area contributed by atoms with Crippen LogP contribution in [0, 0.1) is 0 Å². The van der Waals surface area contributed by atoms with E-state index in [-0.39, 0.29) is 18.4 Å². The molecule has 6 nitrogen and oxygen atoms in total. The standard InChI is InChI=1S/C24H36N2O4S/c27-13-4-5-14-29-23-17-20(19-8-15-31-18-19)16-22(30-23)24(28)26-11-6-21(7-12-26)25-9-2-1-3-10-25/h8,15-16,18,20-21,23,27H,1-7,9-14,17H2/t20-,23+/m0/s1. The summed E-state index contributed by atoms with van der Waals surface area (Å²) in [5.41, 5.74) is 1.21. The van der Waals surface area contributed by atoms with Gasteiger partial charge in [0.05, 0.1) is 6.61 Å². The maximum atomic E-state index is 13.3. The van der Waals surface area contributed by atoms with E-state index >= 15 is 0 Å². The number of allylic oxidation sites excluding steroid dienone is 1. The fourth-order valence-corrected chi connectivity index (χ4v) is 5.66. The molecule has 0 aliphatic carbocycles. The molecule has 7 heteroatoms. The predicted molar refractivity (Wildman–Crippen MR) is 122 cm³/mol. The fraction of sp³-hybridized carbons (Fsp3) is 0.708.